The molecular formula is C41H77BS. The molecular weight excluding hydrogens is 535 g/mol. The van der Waals surface area contributed by atoms with Gasteiger partial charge in [-0.05, 0) is 95.5 Å². The minimum absolute atomic E-state index is 0.269. The lowest BCUT2D eigenvalue weighted by Gasteiger charge is -2.44. The zero-order valence-electron chi connectivity index (χ0n) is 30.7. The lowest BCUT2D eigenvalue weighted by Crippen LogP contribution is -2.38. The average Bonchev–Trinajstić information content (AvgIpc) is 3.00. The van der Waals surface area contributed by atoms with Gasteiger partial charge in [-0.15, -0.1) is 12.1 Å². The van der Waals surface area contributed by atoms with Crippen LogP contribution in [0.4, 0.5) is 0 Å². The van der Waals surface area contributed by atoms with Gasteiger partial charge in [0.1, 0.15) is 0 Å². The first kappa shape index (κ1) is 40.7. The van der Waals surface area contributed by atoms with Crippen LogP contribution in [0.3, 0.4) is 0 Å². The van der Waals surface area contributed by atoms with Crippen molar-refractivity contribution in [2.75, 3.05) is 6.26 Å². The van der Waals surface area contributed by atoms with E-state index in [0.29, 0.717) is 6.71 Å². The summed E-state index contributed by atoms with van der Waals surface area (Å²) in [7, 11) is 0. The lowest BCUT2D eigenvalue weighted by molar-refractivity contribution is 0.475. The average molecular weight is 613 g/mol. The molecule has 0 aromatic rings. The number of allylic oxidation sites excluding steroid dienone is 5. The molecule has 0 amide bonds. The number of hydrogen-bond donors (Lipinski definition) is 0. The molecule has 1 rings (SSSR count). The molecule has 0 aromatic carbocycles. The molecule has 0 nitrogen and oxygen atoms in total. The third kappa shape index (κ3) is 16.2. The molecule has 1 aliphatic rings. The predicted molar refractivity (Wildman–Crippen MR) is 204 cm³/mol. The number of thioether (sulfide) groups is 1. The second-order valence-electron chi connectivity index (χ2n) is 14.3. The Morgan fingerprint density at radius 3 is 1.88 bits per heavy atom. The van der Waals surface area contributed by atoms with Crippen molar-refractivity contribution in [3.63, 3.8) is 0 Å². The summed E-state index contributed by atoms with van der Waals surface area (Å²) < 4.78 is 0. The van der Waals surface area contributed by atoms with Gasteiger partial charge in [-0.25, -0.2) is 0 Å². The predicted octanol–water partition coefficient (Wildman–Crippen LogP) is 15.1. The van der Waals surface area contributed by atoms with Crippen LogP contribution in [0, 0.1) is 0 Å². The Kier molecular flexibility index (Phi) is 24.4. The highest BCUT2D eigenvalue weighted by Crippen LogP contribution is 2.53. The summed E-state index contributed by atoms with van der Waals surface area (Å²) in [5, 5.41) is 1.07. The number of unbranched alkanes of at least 4 members (excludes halogenated alkanes) is 12. The van der Waals surface area contributed by atoms with Crippen molar-refractivity contribution in [3.05, 3.63) is 34.7 Å². The van der Waals surface area contributed by atoms with Crippen LogP contribution in [-0.2, 0) is 0 Å². The Balaban J connectivity index is 3.49. The van der Waals surface area contributed by atoms with Gasteiger partial charge in [-0.3, -0.25) is 0 Å². The summed E-state index contributed by atoms with van der Waals surface area (Å²) in [6.07, 6.45) is 40.4. The zero-order valence-corrected chi connectivity index (χ0v) is 31.5. The van der Waals surface area contributed by atoms with Crippen molar-refractivity contribution in [2.45, 2.75) is 219 Å². The van der Waals surface area contributed by atoms with Gasteiger partial charge in [-0.1, -0.05) is 147 Å². The molecule has 0 aliphatic heterocycles. The molecule has 2 heteroatoms. The SMILES string of the molecule is C=C(CCCCCCCCC)B(/C(CC)=C(\CCCCC)CCCCCC)C1(CCC(CCCC)SC)C=C(C)CCC1. The molecule has 250 valence electrons. The third-order valence-electron chi connectivity index (χ3n) is 10.6. The molecule has 0 N–H and O–H groups in total. The van der Waals surface area contributed by atoms with E-state index in [1.165, 1.54) is 167 Å². The van der Waals surface area contributed by atoms with Gasteiger partial charge in [0.25, 0.3) is 0 Å². The standard InChI is InChI=1S/C41H77BS/c1-9-14-18-20-21-22-24-28-37(7)42(40(13-5)38(29-23-16-11-3)30-25-19-15-10-2)41(33-26-27-36(6)35-41)34-32-39(43-8)31-17-12-4/h35,39H,7,9-34H2,1-6,8H3/b40-38+. The van der Waals surface area contributed by atoms with E-state index in [1.54, 1.807) is 11.0 Å². The lowest BCUT2D eigenvalue weighted by atomic mass is 9.23. The van der Waals surface area contributed by atoms with Crippen molar-refractivity contribution in [2.24, 2.45) is 0 Å². The Labute approximate surface area is 277 Å². The largest absolute Gasteiger partial charge is 0.208 e. The fraction of sp³-hybridized carbons (Fsp3) is 0.854. The minimum atomic E-state index is 0.269. The summed E-state index contributed by atoms with van der Waals surface area (Å²) in [6, 6.07) is 0. The topological polar surface area (TPSA) is 0 Å². The van der Waals surface area contributed by atoms with Gasteiger partial charge >= 0.3 is 0 Å². The fourth-order valence-electron chi connectivity index (χ4n) is 8.05. The molecule has 0 aromatic heterocycles. The minimum Gasteiger partial charge on any atom is -0.162 e. The van der Waals surface area contributed by atoms with Crippen molar-refractivity contribution >= 4 is 18.5 Å². The summed E-state index contributed by atoms with van der Waals surface area (Å²) in [6.45, 7) is 19.9. The maximum absolute atomic E-state index is 5.03. The van der Waals surface area contributed by atoms with E-state index >= 15 is 0 Å². The fourth-order valence-corrected chi connectivity index (χ4v) is 8.81. The van der Waals surface area contributed by atoms with E-state index < -0.39 is 0 Å². The second-order valence-corrected chi connectivity index (χ2v) is 15.5. The van der Waals surface area contributed by atoms with Gasteiger partial charge in [0.2, 0.25) is 6.71 Å². The van der Waals surface area contributed by atoms with Crippen LogP contribution >= 0.6 is 11.8 Å². The second kappa shape index (κ2) is 25.8. The highest BCUT2D eigenvalue weighted by Gasteiger charge is 2.44. The van der Waals surface area contributed by atoms with Crippen molar-refractivity contribution < 1.29 is 0 Å². The van der Waals surface area contributed by atoms with E-state index in [1.807, 2.05) is 11.0 Å². The van der Waals surface area contributed by atoms with E-state index in [9.17, 15) is 0 Å². The van der Waals surface area contributed by atoms with Crippen molar-refractivity contribution in [1.29, 1.82) is 0 Å². The van der Waals surface area contributed by atoms with E-state index in [0.717, 1.165) is 5.25 Å². The maximum Gasteiger partial charge on any atom is 0.208 e. The number of rotatable bonds is 28. The highest BCUT2D eigenvalue weighted by molar-refractivity contribution is 7.99. The summed E-state index contributed by atoms with van der Waals surface area (Å²) in [5.41, 5.74) is 6.93. The molecule has 0 bridgehead atoms. The zero-order chi connectivity index (χ0) is 31.8. The molecule has 0 radical (unpaired) electrons. The van der Waals surface area contributed by atoms with E-state index in [2.05, 4.69) is 65.6 Å². The molecule has 0 saturated carbocycles. The number of hydrogen-bond acceptors (Lipinski definition) is 1. The van der Waals surface area contributed by atoms with Crippen LogP contribution in [0.15, 0.2) is 34.7 Å². The van der Waals surface area contributed by atoms with E-state index in [4.69, 9.17) is 6.58 Å². The highest BCUT2D eigenvalue weighted by atomic mass is 32.2. The first-order valence-corrected chi connectivity index (χ1v) is 20.8. The van der Waals surface area contributed by atoms with Crippen LogP contribution in [0.25, 0.3) is 0 Å². The van der Waals surface area contributed by atoms with Gasteiger partial charge in [0.15, 0.2) is 0 Å². The van der Waals surface area contributed by atoms with E-state index in [-0.39, 0.29) is 5.31 Å². The third-order valence-corrected chi connectivity index (χ3v) is 11.7. The Morgan fingerprint density at radius 2 is 1.30 bits per heavy atom. The van der Waals surface area contributed by atoms with Crippen LogP contribution in [0.5, 0.6) is 0 Å². The molecule has 43 heavy (non-hydrogen) atoms. The van der Waals surface area contributed by atoms with Crippen LogP contribution in [-0.4, -0.2) is 18.2 Å². The molecule has 2 atom stereocenters. The maximum atomic E-state index is 5.03. The molecule has 0 heterocycles. The normalized spacial score (nSPS) is 18.3. The molecule has 0 saturated heterocycles. The molecule has 1 aliphatic carbocycles. The summed E-state index contributed by atoms with van der Waals surface area (Å²) >= 11 is 2.14. The Morgan fingerprint density at radius 1 is 0.767 bits per heavy atom. The molecule has 0 fully saturated rings. The summed E-state index contributed by atoms with van der Waals surface area (Å²) in [5.74, 6) is 0. The first-order chi connectivity index (χ1) is 20.9. The van der Waals surface area contributed by atoms with Gasteiger partial charge < -0.3 is 0 Å². The van der Waals surface area contributed by atoms with Gasteiger partial charge in [0.05, 0.1) is 0 Å². The van der Waals surface area contributed by atoms with Gasteiger partial charge in [0, 0.05) is 5.25 Å². The smallest absolute Gasteiger partial charge is 0.162 e. The quantitative estimate of drug-likeness (QED) is 0.0481. The molecule has 0 spiro atoms. The van der Waals surface area contributed by atoms with Crippen molar-refractivity contribution in [1.82, 2.24) is 0 Å². The van der Waals surface area contributed by atoms with Crippen LogP contribution < -0.4 is 0 Å². The first-order valence-electron chi connectivity index (χ1n) is 19.5. The van der Waals surface area contributed by atoms with Crippen LogP contribution in [0.1, 0.15) is 208 Å². The summed E-state index contributed by atoms with van der Waals surface area (Å²) in [4.78, 5) is 0. The Bertz CT molecular complexity index is 764. The van der Waals surface area contributed by atoms with Crippen LogP contribution in [0.2, 0.25) is 5.31 Å². The van der Waals surface area contributed by atoms with Gasteiger partial charge in [-0.2, -0.15) is 11.8 Å². The monoisotopic (exact) mass is 613 g/mol. The Hall–Kier alpha value is -0.365. The molecule has 2 unspecified atom stereocenters. The van der Waals surface area contributed by atoms with Crippen molar-refractivity contribution in [3.8, 4) is 0 Å².